The maximum atomic E-state index is 13.8. The molecule has 1 unspecified atom stereocenters. The zero-order chi connectivity index (χ0) is 38.3. The molecule has 0 aromatic heterocycles. The number of carbonyl (C=O) groups is 1. The number of amides is 1. The molecule has 3 aliphatic carbocycles. The van der Waals surface area contributed by atoms with Crippen LogP contribution in [0.4, 0.5) is 0 Å². The van der Waals surface area contributed by atoms with Crippen LogP contribution in [0.3, 0.4) is 0 Å². The number of sulfonamides is 1. The van der Waals surface area contributed by atoms with E-state index < -0.39 is 16.1 Å². The zero-order valence-electron chi connectivity index (χ0n) is 33.7. The molecule has 3 aromatic carbocycles. The van der Waals surface area contributed by atoms with Crippen LogP contribution in [0.2, 0.25) is 0 Å². The molecule has 7 rings (SSSR count). The summed E-state index contributed by atoms with van der Waals surface area (Å²) >= 11 is 0. The van der Waals surface area contributed by atoms with Crippen molar-refractivity contribution < 1.29 is 13.2 Å². The average Bonchev–Trinajstić information content (AvgIpc) is 3.37. The maximum absolute atomic E-state index is 13.8. The van der Waals surface area contributed by atoms with Crippen LogP contribution >= 0.6 is 0 Å². The first-order valence-corrected chi connectivity index (χ1v) is 21.4. The molecule has 1 aliphatic heterocycles. The molecule has 2 bridgehead atoms. The van der Waals surface area contributed by atoms with Crippen LogP contribution in [0.15, 0.2) is 72.8 Å². The monoisotopic (exact) mass is 740 g/mol. The fourth-order valence-corrected chi connectivity index (χ4v) is 11.5. The van der Waals surface area contributed by atoms with Gasteiger partial charge in [0, 0.05) is 38.3 Å². The summed E-state index contributed by atoms with van der Waals surface area (Å²) in [5.41, 5.74) is 7.58. The lowest BCUT2D eigenvalue weighted by Gasteiger charge is -2.62. The van der Waals surface area contributed by atoms with Crippen molar-refractivity contribution in [2.75, 3.05) is 26.4 Å². The van der Waals surface area contributed by atoms with Gasteiger partial charge in [-0.25, -0.2) is 8.42 Å². The molecule has 6 atom stereocenters. The largest absolute Gasteiger partial charge is 0.352 e. The van der Waals surface area contributed by atoms with Crippen molar-refractivity contribution in [1.82, 2.24) is 19.4 Å². The van der Waals surface area contributed by atoms with Crippen LogP contribution in [-0.4, -0.2) is 72.9 Å². The molecular weight excluding hydrogens is 677 g/mol. The molecule has 1 heterocycles. The second-order valence-electron chi connectivity index (χ2n) is 18.6. The first kappa shape index (κ1) is 39.6. The lowest BCUT2D eigenvalue weighted by molar-refractivity contribution is -0.136. The van der Waals surface area contributed by atoms with E-state index in [1.165, 1.54) is 33.0 Å². The Morgan fingerprint density at radius 3 is 2.28 bits per heavy atom. The summed E-state index contributed by atoms with van der Waals surface area (Å²) in [4.78, 5) is 18.7. The van der Waals surface area contributed by atoms with Gasteiger partial charge in [-0.1, -0.05) is 114 Å². The lowest BCUT2D eigenvalue weighted by atomic mass is 9.45. The summed E-state index contributed by atoms with van der Waals surface area (Å²) in [5.74, 6) is 1.50. The van der Waals surface area contributed by atoms with Crippen LogP contribution in [0.1, 0.15) is 89.5 Å². The molecule has 1 amide bonds. The first-order valence-electron chi connectivity index (χ1n) is 19.8. The Bertz CT molecular complexity index is 1860. The first-order chi connectivity index (χ1) is 24.9. The van der Waals surface area contributed by atoms with E-state index in [0.29, 0.717) is 29.6 Å². The Hall–Kier alpha value is -3.04. The van der Waals surface area contributed by atoms with Gasteiger partial charge in [0.15, 0.2) is 0 Å². The minimum absolute atomic E-state index is 0.0103. The number of benzene rings is 3. The van der Waals surface area contributed by atoms with Crippen molar-refractivity contribution in [2.24, 2.45) is 28.6 Å². The number of nitrogens with one attached hydrogen (secondary N) is 1. The minimum Gasteiger partial charge on any atom is -0.352 e. The van der Waals surface area contributed by atoms with Gasteiger partial charge in [-0.15, -0.1) is 0 Å². The van der Waals surface area contributed by atoms with E-state index in [4.69, 9.17) is 0 Å². The fraction of sp³-hybridized carbons (Fsp3) is 0.578. The summed E-state index contributed by atoms with van der Waals surface area (Å²) in [6.45, 7) is 18.7. The summed E-state index contributed by atoms with van der Waals surface area (Å²) < 4.78 is 28.4. The van der Waals surface area contributed by atoms with Gasteiger partial charge < -0.3 is 10.2 Å². The Morgan fingerprint density at radius 1 is 0.943 bits per heavy atom. The predicted octanol–water partition coefficient (Wildman–Crippen LogP) is 8.12. The molecule has 288 valence electrons. The quantitative estimate of drug-likeness (QED) is 0.192. The number of aryl methyl sites for hydroxylation is 1. The maximum Gasteiger partial charge on any atom is 0.238 e. The van der Waals surface area contributed by atoms with Gasteiger partial charge in [0.25, 0.3) is 0 Å². The molecule has 3 aromatic rings. The molecule has 1 N–H and O–H groups in total. The number of nitrogens with zero attached hydrogens (tertiary/aromatic N) is 3. The van der Waals surface area contributed by atoms with Crippen molar-refractivity contribution in [3.63, 3.8) is 0 Å². The number of likely N-dealkylation sites (N-methyl/N-ethyl adjacent to an activating group) is 1. The predicted molar refractivity (Wildman–Crippen MR) is 218 cm³/mol. The second-order valence-corrected chi connectivity index (χ2v) is 20.7. The number of fused-ring (bicyclic) bond motifs is 2. The fourth-order valence-electron chi connectivity index (χ4n) is 9.81. The molecule has 4 aliphatic rings. The second kappa shape index (κ2) is 15.6. The van der Waals surface area contributed by atoms with E-state index in [-0.39, 0.29) is 35.7 Å². The Labute approximate surface area is 320 Å². The average molecular weight is 741 g/mol. The number of carbonyl (C=O) groups excluding carboxylic acids is 1. The molecule has 3 saturated carbocycles. The van der Waals surface area contributed by atoms with Crippen LogP contribution in [0.5, 0.6) is 0 Å². The van der Waals surface area contributed by atoms with Crippen molar-refractivity contribution in [3.8, 4) is 11.1 Å². The van der Waals surface area contributed by atoms with E-state index in [9.17, 15) is 13.2 Å². The topological polar surface area (TPSA) is 73.0 Å². The van der Waals surface area contributed by atoms with Gasteiger partial charge in [-0.3, -0.25) is 9.69 Å². The third-order valence-electron chi connectivity index (χ3n) is 12.8. The Kier molecular flexibility index (Phi) is 11.7. The van der Waals surface area contributed by atoms with Gasteiger partial charge >= 0.3 is 0 Å². The summed E-state index contributed by atoms with van der Waals surface area (Å²) in [6.07, 6.45) is 3.58. The van der Waals surface area contributed by atoms with Gasteiger partial charge in [-0.2, -0.15) is 4.31 Å². The molecule has 53 heavy (non-hydrogen) atoms. The molecule has 0 radical (unpaired) electrons. The Balaban J connectivity index is 1.24. The SMILES string of the molecule is Cc1ccccc1-c1ccccc1CN(Cc1cccc(CN2C(C(=O)N[C@H]3C[C@@H]4C[C@H]([C@@H]3C)C4(C)C)CCS2(=O)=O)c1)[C@H](CN(C)C)CC(C)(C)C. The summed E-state index contributed by atoms with van der Waals surface area (Å²) in [7, 11) is 0.744. The molecule has 1 saturated heterocycles. The van der Waals surface area contributed by atoms with Crippen LogP contribution in [0.25, 0.3) is 11.1 Å². The van der Waals surface area contributed by atoms with E-state index in [0.717, 1.165) is 43.6 Å². The van der Waals surface area contributed by atoms with Crippen molar-refractivity contribution in [1.29, 1.82) is 0 Å². The van der Waals surface area contributed by atoms with Crippen LogP contribution < -0.4 is 5.32 Å². The van der Waals surface area contributed by atoms with Crippen molar-refractivity contribution in [2.45, 2.75) is 112 Å². The molecule has 0 spiro atoms. The van der Waals surface area contributed by atoms with E-state index >= 15 is 0 Å². The van der Waals surface area contributed by atoms with Gasteiger partial charge in [0.1, 0.15) is 6.04 Å². The minimum atomic E-state index is -3.56. The highest BCUT2D eigenvalue weighted by atomic mass is 32.2. The number of hydrogen-bond acceptors (Lipinski definition) is 5. The zero-order valence-corrected chi connectivity index (χ0v) is 34.5. The highest BCUT2D eigenvalue weighted by Crippen LogP contribution is 2.61. The number of rotatable bonds is 13. The van der Waals surface area contributed by atoms with Gasteiger partial charge in [0.05, 0.1) is 5.75 Å². The molecule has 4 fully saturated rings. The van der Waals surface area contributed by atoms with Gasteiger partial charge in [-0.05, 0) is 109 Å². The lowest BCUT2D eigenvalue weighted by Crippen LogP contribution is -2.61. The van der Waals surface area contributed by atoms with Crippen molar-refractivity contribution in [3.05, 3.63) is 95.1 Å². The highest BCUT2D eigenvalue weighted by molar-refractivity contribution is 7.89. The third-order valence-corrected chi connectivity index (χ3v) is 14.7. The number of hydrogen-bond donors (Lipinski definition) is 1. The standard InChI is InChI=1S/C45H64N4O3S/c1-31-15-10-12-19-38(31)39-20-13-11-18-35(39)29-48(37(30-47(8)9)26-44(3,4)5)27-33-16-14-17-34(23-33)28-49-42(21-22-53(49,51)52)43(50)46-41-25-36-24-40(32(41)2)45(36,6)7/h10-20,23,32,36-37,40-42H,21-22,24-30H2,1-9H3,(H,46,50)/t32-,36-,37-,40+,41-,42?/m0/s1. The van der Waals surface area contributed by atoms with Gasteiger partial charge in [0.2, 0.25) is 15.9 Å². The normalized spacial score (nSPS) is 25.7. The summed E-state index contributed by atoms with van der Waals surface area (Å²) in [5, 5.41) is 3.33. The molecule has 8 heteroatoms. The summed E-state index contributed by atoms with van der Waals surface area (Å²) in [6, 6.07) is 25.5. The molecule has 7 nitrogen and oxygen atoms in total. The Morgan fingerprint density at radius 2 is 1.62 bits per heavy atom. The van der Waals surface area contributed by atoms with E-state index in [1.54, 1.807) is 0 Å². The highest BCUT2D eigenvalue weighted by Gasteiger charge is 2.56. The van der Waals surface area contributed by atoms with Crippen LogP contribution in [-0.2, 0) is 34.5 Å². The van der Waals surface area contributed by atoms with Crippen molar-refractivity contribution >= 4 is 15.9 Å². The van der Waals surface area contributed by atoms with E-state index in [1.807, 2.05) is 12.1 Å². The molecular formula is C45H64N4O3S. The van der Waals surface area contributed by atoms with E-state index in [2.05, 4.69) is 138 Å². The third kappa shape index (κ3) is 8.93. The smallest absolute Gasteiger partial charge is 0.238 e. The van der Waals surface area contributed by atoms with Crippen LogP contribution in [0, 0.1) is 35.5 Å².